The number of imide groups is 1. The first kappa shape index (κ1) is 20.1. The molecule has 2 N–H and O–H groups in total. The highest BCUT2D eigenvalue weighted by atomic mass is 16.5. The van der Waals surface area contributed by atoms with Gasteiger partial charge in [0.2, 0.25) is 5.91 Å². The van der Waals surface area contributed by atoms with Crippen LogP contribution in [0.3, 0.4) is 0 Å². The van der Waals surface area contributed by atoms with Crippen molar-refractivity contribution in [3.8, 4) is 11.5 Å². The number of carbonyl (C=O) groups is 3. The van der Waals surface area contributed by atoms with Crippen LogP contribution in [0, 0.1) is 11.8 Å². The van der Waals surface area contributed by atoms with Gasteiger partial charge < -0.3 is 24.4 Å². The number of benzene rings is 1. The molecule has 0 aromatic heterocycles. The Balaban J connectivity index is 1.90. The summed E-state index contributed by atoms with van der Waals surface area (Å²) in [5, 5.41) is 5.69. The highest BCUT2D eigenvalue weighted by molar-refractivity contribution is 6.02. The van der Waals surface area contributed by atoms with Gasteiger partial charge in [-0.15, -0.1) is 0 Å². The van der Waals surface area contributed by atoms with E-state index in [4.69, 9.17) is 14.2 Å². The van der Waals surface area contributed by atoms with Gasteiger partial charge in [0.05, 0.1) is 31.4 Å². The van der Waals surface area contributed by atoms with E-state index in [-0.39, 0.29) is 12.5 Å². The summed E-state index contributed by atoms with van der Waals surface area (Å²) in [5.74, 6) is -1.21. The summed E-state index contributed by atoms with van der Waals surface area (Å²) >= 11 is 0. The average molecular weight is 415 g/mol. The normalized spacial score (nSPS) is 25.4. The van der Waals surface area contributed by atoms with Crippen molar-refractivity contribution < 1.29 is 28.6 Å². The quantitative estimate of drug-likeness (QED) is 0.699. The van der Waals surface area contributed by atoms with Gasteiger partial charge in [-0.1, -0.05) is 26.0 Å². The second-order valence-corrected chi connectivity index (χ2v) is 7.98. The van der Waals surface area contributed by atoms with Gasteiger partial charge in [-0.25, -0.2) is 9.59 Å². The van der Waals surface area contributed by atoms with Crippen molar-refractivity contribution in [2.75, 3.05) is 27.4 Å². The molecule has 3 amide bonds. The van der Waals surface area contributed by atoms with Crippen molar-refractivity contribution >= 4 is 17.9 Å². The Kier molecular flexibility index (Phi) is 5.05. The zero-order valence-corrected chi connectivity index (χ0v) is 17.4. The minimum absolute atomic E-state index is 0.0749. The summed E-state index contributed by atoms with van der Waals surface area (Å²) in [6.07, 6.45) is -0.609. The van der Waals surface area contributed by atoms with E-state index >= 15 is 0 Å². The molecule has 0 aliphatic carbocycles. The molecule has 9 nitrogen and oxygen atoms in total. The molecule has 30 heavy (non-hydrogen) atoms. The molecule has 0 radical (unpaired) electrons. The Labute approximate surface area is 174 Å². The molecule has 160 valence electrons. The van der Waals surface area contributed by atoms with Gasteiger partial charge in [0.1, 0.15) is 12.8 Å². The smallest absolute Gasteiger partial charge is 0.336 e. The van der Waals surface area contributed by atoms with Crippen LogP contribution in [0.15, 0.2) is 29.5 Å². The standard InChI is InChI=1S/C21H25N3O6/c1-10(2)8-24-18-16(19(25)23-21(24)27)14(15-12(22-18)9-30-20(15)26)11-6-5-7-13(28-3)17(11)29-4/h5-7,10,14,16,18,22H,8-9H2,1-4H3,(H,23,25,27). The zero-order chi connectivity index (χ0) is 21.6. The highest BCUT2D eigenvalue weighted by Crippen LogP contribution is 2.48. The first-order chi connectivity index (χ1) is 14.4. The Morgan fingerprint density at radius 1 is 1.20 bits per heavy atom. The molecule has 1 saturated heterocycles. The molecule has 3 aliphatic rings. The van der Waals surface area contributed by atoms with Crippen molar-refractivity contribution in [2.24, 2.45) is 11.8 Å². The van der Waals surface area contributed by atoms with E-state index in [0.717, 1.165) is 0 Å². The molecule has 3 heterocycles. The number of cyclic esters (lactones) is 1. The van der Waals surface area contributed by atoms with Gasteiger partial charge in [0, 0.05) is 18.0 Å². The number of rotatable bonds is 5. The lowest BCUT2D eigenvalue weighted by molar-refractivity contribution is -0.136. The largest absolute Gasteiger partial charge is 0.493 e. The van der Waals surface area contributed by atoms with Crippen molar-refractivity contribution in [3.63, 3.8) is 0 Å². The van der Waals surface area contributed by atoms with E-state index in [9.17, 15) is 14.4 Å². The molecule has 3 aliphatic heterocycles. The zero-order valence-electron chi connectivity index (χ0n) is 17.4. The second-order valence-electron chi connectivity index (χ2n) is 7.98. The van der Waals surface area contributed by atoms with Gasteiger partial charge in [0.15, 0.2) is 11.5 Å². The number of ether oxygens (including phenoxy) is 3. The summed E-state index contributed by atoms with van der Waals surface area (Å²) in [6, 6.07) is 4.89. The fraction of sp³-hybridized carbons (Fsp3) is 0.476. The Morgan fingerprint density at radius 2 is 1.97 bits per heavy atom. The summed E-state index contributed by atoms with van der Waals surface area (Å²) in [4.78, 5) is 39.9. The number of fused-ring (bicyclic) bond motifs is 1. The van der Waals surface area contributed by atoms with E-state index < -0.39 is 35.9 Å². The lowest BCUT2D eigenvalue weighted by Crippen LogP contribution is -2.68. The van der Waals surface area contributed by atoms with Crippen LogP contribution in [-0.2, 0) is 14.3 Å². The van der Waals surface area contributed by atoms with Crippen LogP contribution in [0.25, 0.3) is 0 Å². The third kappa shape index (κ3) is 3.05. The lowest BCUT2D eigenvalue weighted by Gasteiger charge is -2.47. The van der Waals surface area contributed by atoms with Gasteiger partial charge in [-0.05, 0) is 12.0 Å². The van der Waals surface area contributed by atoms with E-state index in [1.807, 2.05) is 13.8 Å². The third-order valence-electron chi connectivity index (χ3n) is 5.68. The van der Waals surface area contributed by atoms with Crippen molar-refractivity contribution in [1.29, 1.82) is 0 Å². The van der Waals surface area contributed by atoms with Crippen LogP contribution in [0.2, 0.25) is 0 Å². The van der Waals surface area contributed by atoms with Crippen LogP contribution in [0.4, 0.5) is 4.79 Å². The number of nitrogens with one attached hydrogen (secondary N) is 2. The average Bonchev–Trinajstić information content (AvgIpc) is 3.09. The summed E-state index contributed by atoms with van der Waals surface area (Å²) in [7, 11) is 3.04. The van der Waals surface area contributed by atoms with Crippen molar-refractivity contribution in [2.45, 2.75) is 25.9 Å². The number of esters is 1. The van der Waals surface area contributed by atoms with Crippen LogP contribution < -0.4 is 20.1 Å². The SMILES string of the molecule is COc1cccc(C2C3=C(COC3=O)NC3C2C(=O)NC(=O)N3CC(C)C)c1OC. The van der Waals surface area contributed by atoms with Gasteiger partial charge in [-0.2, -0.15) is 0 Å². The summed E-state index contributed by atoms with van der Waals surface area (Å²) in [6.45, 7) is 4.52. The van der Waals surface area contributed by atoms with Crippen LogP contribution >= 0.6 is 0 Å². The molecule has 1 fully saturated rings. The fourth-order valence-corrected chi connectivity index (χ4v) is 4.53. The Hall–Kier alpha value is -3.23. The molecular weight excluding hydrogens is 390 g/mol. The van der Waals surface area contributed by atoms with Gasteiger partial charge >= 0.3 is 12.0 Å². The number of methoxy groups -OCH3 is 2. The third-order valence-corrected chi connectivity index (χ3v) is 5.68. The predicted octanol–water partition coefficient (Wildman–Crippen LogP) is 1.35. The predicted molar refractivity (Wildman–Crippen MR) is 106 cm³/mol. The maximum atomic E-state index is 13.1. The Morgan fingerprint density at radius 3 is 2.63 bits per heavy atom. The molecule has 1 aromatic carbocycles. The van der Waals surface area contributed by atoms with E-state index in [0.29, 0.717) is 34.9 Å². The molecule has 0 spiro atoms. The number of nitrogens with zero attached hydrogens (tertiary/aromatic N) is 1. The summed E-state index contributed by atoms with van der Waals surface area (Å²) in [5.41, 5.74) is 1.61. The molecule has 0 saturated carbocycles. The minimum atomic E-state index is -0.744. The molecular formula is C21H25N3O6. The van der Waals surface area contributed by atoms with Crippen LogP contribution in [0.1, 0.15) is 25.3 Å². The number of hydrogen-bond donors (Lipinski definition) is 2. The number of urea groups is 1. The highest BCUT2D eigenvalue weighted by Gasteiger charge is 2.54. The molecule has 0 bridgehead atoms. The first-order valence-electron chi connectivity index (χ1n) is 9.86. The molecule has 3 atom stereocenters. The van der Waals surface area contributed by atoms with E-state index in [1.54, 1.807) is 23.1 Å². The van der Waals surface area contributed by atoms with Gasteiger partial charge in [-0.3, -0.25) is 10.1 Å². The number of para-hydroxylation sites is 1. The van der Waals surface area contributed by atoms with Crippen molar-refractivity contribution in [3.05, 3.63) is 35.0 Å². The Bertz CT molecular complexity index is 941. The topological polar surface area (TPSA) is 106 Å². The fourth-order valence-electron chi connectivity index (χ4n) is 4.53. The monoisotopic (exact) mass is 415 g/mol. The van der Waals surface area contributed by atoms with E-state index in [2.05, 4.69) is 10.6 Å². The molecule has 4 rings (SSSR count). The van der Waals surface area contributed by atoms with Crippen LogP contribution in [-0.4, -0.2) is 56.3 Å². The number of amides is 3. The van der Waals surface area contributed by atoms with Crippen LogP contribution in [0.5, 0.6) is 11.5 Å². The second kappa shape index (κ2) is 7.55. The first-order valence-corrected chi connectivity index (χ1v) is 9.86. The molecule has 1 aromatic rings. The molecule has 3 unspecified atom stereocenters. The number of hydrogen-bond acceptors (Lipinski definition) is 7. The van der Waals surface area contributed by atoms with E-state index in [1.165, 1.54) is 14.2 Å². The summed E-state index contributed by atoms with van der Waals surface area (Å²) < 4.78 is 16.3. The minimum Gasteiger partial charge on any atom is -0.493 e. The maximum Gasteiger partial charge on any atom is 0.336 e. The van der Waals surface area contributed by atoms with Crippen molar-refractivity contribution in [1.82, 2.24) is 15.5 Å². The lowest BCUT2D eigenvalue weighted by atomic mass is 9.74. The maximum absolute atomic E-state index is 13.1. The van der Waals surface area contributed by atoms with Gasteiger partial charge in [0.25, 0.3) is 0 Å². The molecule has 9 heteroatoms. The number of carbonyl (C=O) groups excluding carboxylic acids is 3.